The molecule has 0 N–H and O–H groups in total. The molecule has 0 radical (unpaired) electrons. The van der Waals surface area contributed by atoms with E-state index in [1.54, 1.807) is 11.8 Å². The van der Waals surface area contributed by atoms with Crippen LogP contribution in [0.4, 0.5) is 0 Å². The summed E-state index contributed by atoms with van der Waals surface area (Å²) >= 11 is 1.54. The predicted molar refractivity (Wildman–Crippen MR) is 45.7 cm³/mol. The summed E-state index contributed by atoms with van der Waals surface area (Å²) in [5, 5.41) is 10.9. The number of carboxylic acid groups (broad SMARTS) is 1. The third-order valence-corrected chi connectivity index (χ3v) is 4.04. The average Bonchev–Trinajstić information content (AvgIpc) is 2.18. The molecule has 0 aromatic carbocycles. The van der Waals surface area contributed by atoms with Crippen LogP contribution in [-0.4, -0.2) is 32.9 Å². The topological polar surface area (TPSA) is 60.4 Å². The molecule has 72 valence electrons. The first-order valence-electron chi connectivity index (χ1n) is 4.13. The molecule has 6 heteroatoms. The Hall–Kier alpha value is 0.290. The van der Waals surface area contributed by atoms with Crippen molar-refractivity contribution in [2.45, 2.75) is 36.4 Å². The normalized spacial score (nSPS) is 33.0. The minimum atomic E-state index is -1.15. The summed E-state index contributed by atoms with van der Waals surface area (Å²) in [5.41, 5.74) is 0. The van der Waals surface area contributed by atoms with Crippen molar-refractivity contribution in [3.8, 4) is 0 Å². The van der Waals surface area contributed by atoms with Gasteiger partial charge in [-0.1, -0.05) is 0 Å². The van der Waals surface area contributed by atoms with Crippen LogP contribution in [0.2, 0.25) is 0 Å². The van der Waals surface area contributed by atoms with Gasteiger partial charge in [-0.25, -0.2) is 0 Å². The van der Waals surface area contributed by atoms with Crippen molar-refractivity contribution in [3.05, 3.63) is 0 Å². The zero-order valence-corrected chi connectivity index (χ0v) is 11.3. The molecule has 0 aromatic heterocycles. The Bertz CT molecular complexity index is 294. The second-order valence-electron chi connectivity index (χ2n) is 3.90. The summed E-state index contributed by atoms with van der Waals surface area (Å²) in [4.78, 5) is 23.4. The number of aliphatic carboxylic acids is 1. The van der Waals surface area contributed by atoms with Gasteiger partial charge in [-0.05, 0) is 13.8 Å². The summed E-state index contributed by atoms with van der Waals surface area (Å²) in [6, 6.07) is -0.760. The molecular formula is C8H10NNaO3S. The van der Waals surface area contributed by atoms with E-state index in [0.29, 0.717) is 6.42 Å². The fraction of sp³-hybridized carbons (Fsp3) is 0.750. The molecule has 14 heavy (non-hydrogen) atoms. The summed E-state index contributed by atoms with van der Waals surface area (Å²) < 4.78 is -0.421. The number of carbonyl (C=O) groups is 2. The molecule has 2 rings (SSSR count). The fourth-order valence-corrected chi connectivity index (χ4v) is 3.58. The molecule has 0 aliphatic carbocycles. The van der Waals surface area contributed by atoms with Crippen molar-refractivity contribution in [2.24, 2.45) is 0 Å². The van der Waals surface area contributed by atoms with E-state index in [1.807, 2.05) is 13.8 Å². The molecule has 2 fully saturated rings. The minimum absolute atomic E-state index is 0. The van der Waals surface area contributed by atoms with Crippen LogP contribution in [0.25, 0.3) is 0 Å². The summed E-state index contributed by atoms with van der Waals surface area (Å²) in [6.07, 6.45) is 0.470. The molecule has 2 atom stereocenters. The van der Waals surface area contributed by atoms with E-state index in [9.17, 15) is 14.7 Å². The maximum atomic E-state index is 11.1. The number of amides is 1. The SMILES string of the molecule is CC1(C)S[C@@H]2CC(=O)N2C1C(=O)[O-].[Na+]. The predicted octanol–water partition coefficient (Wildman–Crippen LogP) is -3.81. The van der Waals surface area contributed by atoms with E-state index in [1.165, 1.54) is 4.90 Å². The minimum Gasteiger partial charge on any atom is -0.548 e. The molecular weight excluding hydrogens is 213 g/mol. The third kappa shape index (κ3) is 1.60. The number of carbonyl (C=O) groups excluding carboxylic acids is 2. The number of thioether (sulfide) groups is 1. The Kier molecular flexibility index (Phi) is 3.27. The van der Waals surface area contributed by atoms with Gasteiger partial charge in [0.25, 0.3) is 0 Å². The molecule has 0 saturated carbocycles. The van der Waals surface area contributed by atoms with Gasteiger partial charge in [0.05, 0.1) is 23.8 Å². The maximum Gasteiger partial charge on any atom is 1.00 e. The van der Waals surface area contributed by atoms with Crippen molar-refractivity contribution in [1.29, 1.82) is 0 Å². The number of fused-ring (bicyclic) bond motifs is 1. The number of hydrogen-bond acceptors (Lipinski definition) is 4. The van der Waals surface area contributed by atoms with Crippen LogP contribution in [0.5, 0.6) is 0 Å². The Morgan fingerprint density at radius 2 is 2.21 bits per heavy atom. The molecule has 2 saturated heterocycles. The van der Waals surface area contributed by atoms with Gasteiger partial charge >= 0.3 is 29.6 Å². The van der Waals surface area contributed by atoms with Crippen molar-refractivity contribution in [3.63, 3.8) is 0 Å². The van der Waals surface area contributed by atoms with Gasteiger partial charge in [0.15, 0.2) is 0 Å². The quantitative estimate of drug-likeness (QED) is 0.338. The molecule has 2 heterocycles. The number of nitrogens with zero attached hydrogens (tertiary/aromatic N) is 1. The smallest absolute Gasteiger partial charge is 0.548 e. The first-order valence-corrected chi connectivity index (χ1v) is 5.01. The van der Waals surface area contributed by atoms with Crippen molar-refractivity contribution in [2.75, 3.05) is 0 Å². The second kappa shape index (κ2) is 3.70. The molecule has 1 unspecified atom stereocenters. The summed E-state index contributed by atoms with van der Waals surface area (Å²) in [5.74, 6) is -1.22. The van der Waals surface area contributed by atoms with Crippen molar-refractivity contribution < 1.29 is 44.3 Å². The van der Waals surface area contributed by atoms with Gasteiger partial charge in [-0.2, -0.15) is 0 Å². The van der Waals surface area contributed by atoms with Crippen LogP contribution in [0.3, 0.4) is 0 Å². The van der Waals surface area contributed by atoms with Gasteiger partial charge < -0.3 is 14.8 Å². The standard InChI is InChI=1S/C8H11NO3S.Na/c1-8(2)6(7(11)12)9-4(10)3-5(9)13-8;/h5-6H,3H2,1-2H3,(H,11,12);/q;+1/p-1/t5-,6?;/m1./s1. The van der Waals surface area contributed by atoms with Crippen LogP contribution in [0.15, 0.2) is 0 Å². The number of hydrogen-bond donors (Lipinski definition) is 0. The number of carboxylic acids is 1. The summed E-state index contributed by atoms with van der Waals surface area (Å²) in [6.45, 7) is 3.67. The molecule has 1 amide bonds. The third-order valence-electron chi connectivity index (χ3n) is 2.55. The van der Waals surface area contributed by atoms with E-state index in [4.69, 9.17) is 0 Å². The Labute approximate surface area is 109 Å². The molecule has 0 spiro atoms. The molecule has 0 aromatic rings. The number of rotatable bonds is 1. The van der Waals surface area contributed by atoms with E-state index < -0.39 is 16.8 Å². The fourth-order valence-electron chi connectivity index (χ4n) is 1.96. The molecule has 0 bridgehead atoms. The van der Waals surface area contributed by atoms with E-state index in [2.05, 4.69) is 0 Å². The maximum absolute atomic E-state index is 11.1. The van der Waals surface area contributed by atoms with Crippen LogP contribution in [0, 0.1) is 0 Å². The largest absolute Gasteiger partial charge is 1.00 e. The van der Waals surface area contributed by atoms with Gasteiger partial charge in [0.2, 0.25) is 5.91 Å². The Balaban J connectivity index is 0.000000980. The molecule has 2 aliphatic rings. The van der Waals surface area contributed by atoms with Crippen LogP contribution >= 0.6 is 11.8 Å². The van der Waals surface area contributed by atoms with E-state index in [0.717, 1.165) is 0 Å². The zero-order chi connectivity index (χ0) is 9.80. The Morgan fingerprint density at radius 3 is 2.57 bits per heavy atom. The van der Waals surface area contributed by atoms with Crippen LogP contribution in [0.1, 0.15) is 20.3 Å². The van der Waals surface area contributed by atoms with Gasteiger partial charge in [-0.3, -0.25) is 4.79 Å². The monoisotopic (exact) mass is 223 g/mol. The average molecular weight is 223 g/mol. The molecule has 4 nitrogen and oxygen atoms in total. The van der Waals surface area contributed by atoms with Gasteiger partial charge in [-0.15, -0.1) is 11.8 Å². The second-order valence-corrected chi connectivity index (χ2v) is 5.73. The van der Waals surface area contributed by atoms with Crippen molar-refractivity contribution >= 4 is 23.6 Å². The van der Waals surface area contributed by atoms with E-state index >= 15 is 0 Å². The van der Waals surface area contributed by atoms with Crippen LogP contribution < -0.4 is 34.7 Å². The zero-order valence-electron chi connectivity index (χ0n) is 8.44. The van der Waals surface area contributed by atoms with E-state index in [-0.39, 0.29) is 40.8 Å². The van der Waals surface area contributed by atoms with Crippen molar-refractivity contribution in [1.82, 2.24) is 4.90 Å². The Morgan fingerprint density at radius 1 is 1.64 bits per heavy atom. The van der Waals surface area contributed by atoms with Crippen LogP contribution in [-0.2, 0) is 9.59 Å². The van der Waals surface area contributed by atoms with Gasteiger partial charge in [0.1, 0.15) is 0 Å². The summed E-state index contributed by atoms with van der Waals surface area (Å²) in [7, 11) is 0. The first kappa shape index (κ1) is 12.4. The molecule has 2 aliphatic heterocycles. The van der Waals surface area contributed by atoms with Gasteiger partial charge in [0, 0.05) is 4.75 Å². The first-order chi connectivity index (χ1) is 5.93. The number of β-lactam (4-membered cyclic amide) rings is 1.